The Kier molecular flexibility index (Phi) is 6.35. The number of carbonyl (C=O) groups excluding carboxylic acids is 1. The van der Waals surface area contributed by atoms with Crippen molar-refractivity contribution in [1.82, 2.24) is 4.90 Å². The van der Waals surface area contributed by atoms with Gasteiger partial charge in [-0.05, 0) is 55.1 Å². The first-order valence-corrected chi connectivity index (χ1v) is 9.43. The summed E-state index contributed by atoms with van der Waals surface area (Å²) in [6.45, 7) is 5.56. The van der Waals surface area contributed by atoms with E-state index >= 15 is 0 Å². The highest BCUT2D eigenvalue weighted by molar-refractivity contribution is 6.05. The van der Waals surface area contributed by atoms with Crippen molar-refractivity contribution < 1.29 is 14.3 Å². The van der Waals surface area contributed by atoms with Gasteiger partial charge in [0.05, 0.1) is 19.9 Å². The Bertz CT molecular complexity index is 774. The van der Waals surface area contributed by atoms with Gasteiger partial charge in [-0.3, -0.25) is 9.69 Å². The van der Waals surface area contributed by atoms with Crippen LogP contribution in [-0.2, 0) is 6.54 Å². The van der Waals surface area contributed by atoms with E-state index in [4.69, 9.17) is 9.47 Å². The van der Waals surface area contributed by atoms with Gasteiger partial charge in [0.15, 0.2) is 0 Å². The molecule has 0 aliphatic carbocycles. The van der Waals surface area contributed by atoms with Crippen LogP contribution in [0.1, 0.15) is 35.7 Å². The fraction of sp³-hybridized carbons (Fsp3) is 0.409. The average Bonchev–Trinajstić information content (AvgIpc) is 2.68. The second-order valence-corrected chi connectivity index (χ2v) is 7.20. The molecule has 2 aromatic rings. The molecule has 1 N–H and O–H groups in total. The molecule has 2 aromatic carbocycles. The highest BCUT2D eigenvalue weighted by atomic mass is 16.5. The van der Waals surface area contributed by atoms with Crippen LogP contribution in [-0.4, -0.2) is 38.1 Å². The van der Waals surface area contributed by atoms with E-state index in [0.717, 1.165) is 25.6 Å². The SMILES string of the molecule is COc1ccc(OC)c(NC(=O)c2ccc(CN3CCC[C@@H](C)C3)cc2)c1. The first-order valence-electron chi connectivity index (χ1n) is 9.43. The van der Waals surface area contributed by atoms with Crippen molar-refractivity contribution in [1.29, 1.82) is 0 Å². The third-order valence-corrected chi connectivity index (χ3v) is 5.02. The first kappa shape index (κ1) is 19.2. The minimum absolute atomic E-state index is 0.167. The van der Waals surface area contributed by atoms with Gasteiger partial charge in [0.2, 0.25) is 0 Å². The van der Waals surface area contributed by atoms with Crippen LogP contribution in [0.25, 0.3) is 0 Å². The van der Waals surface area contributed by atoms with Gasteiger partial charge in [-0.25, -0.2) is 0 Å². The van der Waals surface area contributed by atoms with Gasteiger partial charge >= 0.3 is 0 Å². The lowest BCUT2D eigenvalue weighted by atomic mass is 9.99. The van der Waals surface area contributed by atoms with Crippen molar-refractivity contribution in [3.63, 3.8) is 0 Å². The zero-order valence-corrected chi connectivity index (χ0v) is 16.3. The molecule has 144 valence electrons. The van der Waals surface area contributed by atoms with E-state index in [-0.39, 0.29) is 5.91 Å². The van der Waals surface area contributed by atoms with E-state index < -0.39 is 0 Å². The molecular formula is C22H28N2O3. The predicted octanol–water partition coefficient (Wildman–Crippen LogP) is 4.19. The molecular weight excluding hydrogens is 340 g/mol. The largest absolute Gasteiger partial charge is 0.497 e. The lowest BCUT2D eigenvalue weighted by molar-refractivity contribution is 0.102. The average molecular weight is 368 g/mol. The van der Waals surface area contributed by atoms with Gasteiger partial charge in [0.25, 0.3) is 5.91 Å². The molecule has 5 heteroatoms. The summed E-state index contributed by atoms with van der Waals surface area (Å²) in [6, 6.07) is 13.2. The second-order valence-electron chi connectivity index (χ2n) is 7.20. The standard InChI is InChI=1S/C22H28N2O3/c1-16-5-4-12-24(14-16)15-17-6-8-18(9-7-17)22(25)23-20-13-19(26-2)10-11-21(20)27-3/h6-11,13,16H,4-5,12,14-15H2,1-3H3,(H,23,25)/t16-/m1/s1. The summed E-state index contributed by atoms with van der Waals surface area (Å²) in [4.78, 5) is 15.1. The number of likely N-dealkylation sites (tertiary alicyclic amines) is 1. The highest BCUT2D eigenvalue weighted by Gasteiger charge is 2.16. The molecule has 1 atom stereocenters. The molecule has 1 saturated heterocycles. The Hall–Kier alpha value is -2.53. The Morgan fingerprint density at radius 3 is 2.59 bits per heavy atom. The maximum atomic E-state index is 12.6. The fourth-order valence-electron chi connectivity index (χ4n) is 3.56. The number of methoxy groups -OCH3 is 2. The molecule has 0 saturated carbocycles. The third kappa shape index (κ3) is 5.01. The summed E-state index contributed by atoms with van der Waals surface area (Å²) in [5, 5.41) is 2.90. The number of nitrogens with one attached hydrogen (secondary N) is 1. The topological polar surface area (TPSA) is 50.8 Å². The summed E-state index contributed by atoms with van der Waals surface area (Å²) >= 11 is 0. The normalized spacial score (nSPS) is 17.4. The van der Waals surface area contributed by atoms with Crippen LogP contribution < -0.4 is 14.8 Å². The van der Waals surface area contributed by atoms with E-state index in [1.807, 2.05) is 24.3 Å². The van der Waals surface area contributed by atoms with Gasteiger partial charge in [-0.15, -0.1) is 0 Å². The summed E-state index contributed by atoms with van der Waals surface area (Å²) in [5.41, 5.74) is 2.45. The monoisotopic (exact) mass is 368 g/mol. The third-order valence-electron chi connectivity index (χ3n) is 5.02. The van der Waals surface area contributed by atoms with Gasteiger partial charge in [0.1, 0.15) is 11.5 Å². The van der Waals surface area contributed by atoms with Gasteiger partial charge in [0, 0.05) is 24.7 Å². The van der Waals surface area contributed by atoms with E-state index in [9.17, 15) is 4.79 Å². The molecule has 0 aromatic heterocycles. The van der Waals surface area contributed by atoms with Crippen molar-refractivity contribution in [2.24, 2.45) is 5.92 Å². The summed E-state index contributed by atoms with van der Waals surface area (Å²) in [7, 11) is 3.17. The summed E-state index contributed by atoms with van der Waals surface area (Å²) in [6.07, 6.45) is 2.59. The van der Waals surface area contributed by atoms with Crippen LogP contribution >= 0.6 is 0 Å². The molecule has 1 fully saturated rings. The van der Waals surface area contributed by atoms with E-state index in [0.29, 0.717) is 22.7 Å². The Labute approximate surface area is 161 Å². The molecule has 0 unspecified atom stereocenters. The van der Waals surface area contributed by atoms with Gasteiger partial charge < -0.3 is 14.8 Å². The van der Waals surface area contributed by atoms with E-state index in [1.165, 1.54) is 18.4 Å². The van der Waals surface area contributed by atoms with Crippen molar-refractivity contribution in [3.05, 3.63) is 53.6 Å². The minimum Gasteiger partial charge on any atom is -0.497 e. The highest BCUT2D eigenvalue weighted by Crippen LogP contribution is 2.29. The molecule has 1 heterocycles. The number of ether oxygens (including phenoxy) is 2. The molecule has 1 aliphatic heterocycles. The number of hydrogen-bond donors (Lipinski definition) is 1. The number of hydrogen-bond acceptors (Lipinski definition) is 4. The molecule has 1 aliphatic rings. The second kappa shape index (κ2) is 8.91. The molecule has 27 heavy (non-hydrogen) atoms. The first-order chi connectivity index (χ1) is 13.1. The minimum atomic E-state index is -0.167. The van der Waals surface area contributed by atoms with Crippen LogP contribution in [0.2, 0.25) is 0 Å². The predicted molar refractivity (Wildman–Crippen MR) is 108 cm³/mol. The number of amides is 1. The van der Waals surface area contributed by atoms with Crippen molar-refractivity contribution in [2.75, 3.05) is 32.6 Å². The molecule has 5 nitrogen and oxygen atoms in total. The maximum absolute atomic E-state index is 12.6. The van der Waals surface area contributed by atoms with Gasteiger partial charge in [-0.1, -0.05) is 19.1 Å². The molecule has 1 amide bonds. The van der Waals surface area contributed by atoms with E-state index in [2.05, 4.69) is 17.1 Å². The fourth-order valence-corrected chi connectivity index (χ4v) is 3.56. The molecule has 0 radical (unpaired) electrons. The Balaban J connectivity index is 1.65. The van der Waals surface area contributed by atoms with Crippen molar-refractivity contribution in [3.8, 4) is 11.5 Å². The molecule has 0 bridgehead atoms. The zero-order chi connectivity index (χ0) is 19.2. The number of piperidine rings is 1. The number of nitrogens with zero attached hydrogens (tertiary/aromatic N) is 1. The van der Waals surface area contributed by atoms with Crippen molar-refractivity contribution in [2.45, 2.75) is 26.3 Å². The smallest absolute Gasteiger partial charge is 0.255 e. The van der Waals surface area contributed by atoms with Crippen LogP contribution in [0.4, 0.5) is 5.69 Å². The van der Waals surface area contributed by atoms with Crippen LogP contribution in [0.15, 0.2) is 42.5 Å². The number of rotatable bonds is 6. The quantitative estimate of drug-likeness (QED) is 0.831. The summed E-state index contributed by atoms with van der Waals surface area (Å²) < 4.78 is 10.5. The van der Waals surface area contributed by atoms with Gasteiger partial charge in [-0.2, -0.15) is 0 Å². The van der Waals surface area contributed by atoms with Crippen LogP contribution in [0.3, 0.4) is 0 Å². The number of anilines is 1. The molecule has 3 rings (SSSR count). The number of benzene rings is 2. The zero-order valence-electron chi connectivity index (χ0n) is 16.3. The Morgan fingerprint density at radius 2 is 1.93 bits per heavy atom. The molecule has 0 spiro atoms. The lowest BCUT2D eigenvalue weighted by Crippen LogP contribution is -2.33. The maximum Gasteiger partial charge on any atom is 0.255 e. The lowest BCUT2D eigenvalue weighted by Gasteiger charge is -2.30. The van der Waals surface area contributed by atoms with Crippen LogP contribution in [0, 0.1) is 5.92 Å². The van der Waals surface area contributed by atoms with E-state index in [1.54, 1.807) is 32.4 Å². The summed E-state index contributed by atoms with van der Waals surface area (Å²) in [5.74, 6) is 1.86. The van der Waals surface area contributed by atoms with Crippen LogP contribution in [0.5, 0.6) is 11.5 Å². The Morgan fingerprint density at radius 1 is 1.15 bits per heavy atom. The van der Waals surface area contributed by atoms with Crippen molar-refractivity contribution >= 4 is 11.6 Å². The number of carbonyl (C=O) groups is 1.